The molecular weight excluding hydrogens is 288 g/mol. The van der Waals surface area contributed by atoms with Gasteiger partial charge in [-0.3, -0.25) is 5.01 Å². The van der Waals surface area contributed by atoms with Gasteiger partial charge in [0.2, 0.25) is 0 Å². The smallest absolute Gasteiger partial charge is 0.0704 e. The van der Waals surface area contributed by atoms with Gasteiger partial charge in [0.15, 0.2) is 0 Å². The van der Waals surface area contributed by atoms with Gasteiger partial charge in [0.25, 0.3) is 0 Å². The van der Waals surface area contributed by atoms with Gasteiger partial charge in [0.05, 0.1) is 20.7 Å². The van der Waals surface area contributed by atoms with E-state index >= 15 is 0 Å². The van der Waals surface area contributed by atoms with Crippen molar-refractivity contribution in [1.82, 2.24) is 5.01 Å². The Bertz CT molecular complexity index is 349. The summed E-state index contributed by atoms with van der Waals surface area (Å²) in [5, 5.41) is 7.60. The van der Waals surface area contributed by atoms with Crippen LogP contribution in [0.3, 0.4) is 0 Å². The van der Waals surface area contributed by atoms with Crippen LogP contribution < -0.4 is 0 Å². The average Bonchev–Trinajstić information content (AvgIpc) is 2.85. The molecule has 0 amide bonds. The lowest BCUT2D eigenvalue weighted by Crippen LogP contribution is -2.43. The molecule has 1 saturated heterocycles. The number of hydrazone groups is 1. The predicted octanol–water partition coefficient (Wildman–Crippen LogP) is 5.15. The standard InChI is InChI=1S/C18H38N2OSi/c1-8-9-12-17(22(6,7)18(2,3)4)14-19-20-13-10-11-16(20)15-21-5/h14,16-17H,8-13,15H2,1-7H3/b19-14+/t16-,17-/m0/s1. The maximum Gasteiger partial charge on any atom is 0.0704 e. The molecule has 0 N–H and O–H groups in total. The van der Waals surface area contributed by atoms with Gasteiger partial charge in [-0.2, -0.15) is 5.10 Å². The van der Waals surface area contributed by atoms with Crippen LogP contribution in [0, 0.1) is 0 Å². The van der Waals surface area contributed by atoms with E-state index in [0.717, 1.165) is 13.2 Å². The summed E-state index contributed by atoms with van der Waals surface area (Å²) in [6.07, 6.45) is 8.63. The largest absolute Gasteiger partial charge is 0.382 e. The summed E-state index contributed by atoms with van der Waals surface area (Å²) in [5.41, 5.74) is 0.663. The van der Waals surface area contributed by atoms with Crippen molar-refractivity contribution >= 4 is 14.3 Å². The Morgan fingerprint density at radius 1 is 1.36 bits per heavy atom. The van der Waals surface area contributed by atoms with Gasteiger partial charge in [-0.05, 0) is 29.8 Å². The van der Waals surface area contributed by atoms with E-state index in [-0.39, 0.29) is 0 Å². The van der Waals surface area contributed by atoms with Crippen molar-refractivity contribution in [2.45, 2.75) is 89.5 Å². The van der Waals surface area contributed by atoms with Crippen LogP contribution in [0.2, 0.25) is 23.7 Å². The molecule has 3 nitrogen and oxygen atoms in total. The zero-order valence-electron chi connectivity index (χ0n) is 16.0. The summed E-state index contributed by atoms with van der Waals surface area (Å²) in [7, 11) is 0.400. The molecule has 0 aromatic carbocycles. The van der Waals surface area contributed by atoms with Crippen molar-refractivity contribution in [1.29, 1.82) is 0 Å². The van der Waals surface area contributed by atoms with E-state index in [1.807, 2.05) is 0 Å². The molecule has 1 aliphatic heterocycles. The zero-order chi connectivity index (χ0) is 16.8. The quantitative estimate of drug-likeness (QED) is 0.455. The van der Waals surface area contributed by atoms with E-state index < -0.39 is 8.07 Å². The summed E-state index contributed by atoms with van der Waals surface area (Å²) in [4.78, 5) is 0. The van der Waals surface area contributed by atoms with Gasteiger partial charge in [-0.15, -0.1) is 0 Å². The first kappa shape index (κ1) is 19.7. The van der Waals surface area contributed by atoms with E-state index in [9.17, 15) is 0 Å². The highest BCUT2D eigenvalue weighted by Crippen LogP contribution is 2.44. The molecule has 130 valence electrons. The SMILES string of the molecule is CCCC[C@@H](/C=N/N1CCC[C@H]1COC)[Si](C)(C)C(C)(C)C. The Hall–Kier alpha value is -0.353. The lowest BCUT2D eigenvalue weighted by molar-refractivity contribution is 0.118. The molecule has 2 atom stereocenters. The summed E-state index contributed by atoms with van der Waals surface area (Å²) in [6.45, 7) is 16.5. The molecule has 0 radical (unpaired) electrons. The molecule has 0 saturated carbocycles. The van der Waals surface area contributed by atoms with Crippen molar-refractivity contribution in [3.63, 3.8) is 0 Å². The van der Waals surface area contributed by atoms with Gasteiger partial charge < -0.3 is 4.74 Å². The maximum absolute atomic E-state index is 5.34. The van der Waals surface area contributed by atoms with Crippen LogP contribution in [0.25, 0.3) is 0 Å². The predicted molar refractivity (Wildman–Crippen MR) is 101 cm³/mol. The van der Waals surface area contributed by atoms with Gasteiger partial charge in [0.1, 0.15) is 0 Å². The van der Waals surface area contributed by atoms with Crippen LogP contribution in [0.15, 0.2) is 5.10 Å². The summed E-state index contributed by atoms with van der Waals surface area (Å²) in [6, 6.07) is 0.479. The fraction of sp³-hybridized carbons (Fsp3) is 0.944. The van der Waals surface area contributed by atoms with Gasteiger partial charge >= 0.3 is 0 Å². The highest BCUT2D eigenvalue weighted by atomic mass is 28.3. The molecule has 4 heteroatoms. The number of unbranched alkanes of at least 4 members (excludes halogenated alkanes) is 1. The molecule has 1 heterocycles. The molecule has 0 spiro atoms. The van der Waals surface area contributed by atoms with Gasteiger partial charge in [-0.25, -0.2) is 0 Å². The van der Waals surface area contributed by atoms with E-state index in [1.165, 1.54) is 32.1 Å². The van der Waals surface area contributed by atoms with Crippen molar-refractivity contribution in [3.8, 4) is 0 Å². The third-order valence-corrected chi connectivity index (χ3v) is 12.0. The molecule has 1 fully saturated rings. The molecule has 0 aromatic rings. The number of nitrogens with zero attached hydrogens (tertiary/aromatic N) is 2. The second kappa shape index (κ2) is 8.49. The molecule has 0 aliphatic carbocycles. The number of hydrogen-bond acceptors (Lipinski definition) is 3. The fourth-order valence-corrected chi connectivity index (χ4v) is 5.58. The van der Waals surface area contributed by atoms with Crippen LogP contribution in [-0.4, -0.2) is 45.6 Å². The van der Waals surface area contributed by atoms with Crippen molar-refractivity contribution in [3.05, 3.63) is 0 Å². The minimum atomic E-state index is -1.39. The zero-order valence-corrected chi connectivity index (χ0v) is 17.0. The lowest BCUT2D eigenvalue weighted by Gasteiger charge is -2.42. The number of methoxy groups -OCH3 is 1. The summed E-state index contributed by atoms with van der Waals surface area (Å²) in [5.74, 6) is 0. The number of rotatable bonds is 8. The number of ether oxygens (including phenoxy) is 1. The van der Waals surface area contributed by atoms with Crippen LogP contribution in [0.5, 0.6) is 0 Å². The Morgan fingerprint density at radius 2 is 2.05 bits per heavy atom. The molecule has 0 aromatic heterocycles. The molecule has 0 unspecified atom stereocenters. The summed E-state index contributed by atoms with van der Waals surface area (Å²) >= 11 is 0. The normalized spacial score (nSPS) is 21.8. The molecule has 0 bridgehead atoms. The first-order valence-electron chi connectivity index (χ1n) is 9.03. The van der Waals surface area contributed by atoms with E-state index in [4.69, 9.17) is 9.84 Å². The topological polar surface area (TPSA) is 24.8 Å². The monoisotopic (exact) mass is 326 g/mol. The third-order valence-electron chi connectivity index (χ3n) is 5.83. The Labute approximate surface area is 139 Å². The Kier molecular flexibility index (Phi) is 7.60. The van der Waals surface area contributed by atoms with E-state index in [1.54, 1.807) is 7.11 Å². The highest BCUT2D eigenvalue weighted by molar-refractivity contribution is 6.83. The minimum Gasteiger partial charge on any atom is -0.382 e. The van der Waals surface area contributed by atoms with Crippen molar-refractivity contribution in [2.24, 2.45) is 5.10 Å². The Balaban J connectivity index is 2.82. The van der Waals surface area contributed by atoms with Crippen LogP contribution in [0.1, 0.15) is 59.8 Å². The molecular formula is C18H38N2OSi. The van der Waals surface area contributed by atoms with Gasteiger partial charge in [-0.1, -0.05) is 53.6 Å². The second-order valence-corrected chi connectivity index (χ2v) is 14.1. The van der Waals surface area contributed by atoms with Crippen LogP contribution in [0.4, 0.5) is 0 Å². The molecule has 1 aliphatic rings. The van der Waals surface area contributed by atoms with E-state index in [2.05, 4.69) is 52.0 Å². The molecule has 1 rings (SSSR count). The summed E-state index contributed by atoms with van der Waals surface area (Å²) < 4.78 is 5.34. The van der Waals surface area contributed by atoms with Crippen molar-refractivity contribution in [2.75, 3.05) is 20.3 Å². The average molecular weight is 327 g/mol. The van der Waals surface area contributed by atoms with E-state index in [0.29, 0.717) is 16.6 Å². The van der Waals surface area contributed by atoms with Crippen LogP contribution in [-0.2, 0) is 4.74 Å². The molecule has 22 heavy (non-hydrogen) atoms. The third kappa shape index (κ3) is 5.09. The number of hydrogen-bond donors (Lipinski definition) is 0. The lowest BCUT2D eigenvalue weighted by atomic mass is 10.2. The highest BCUT2D eigenvalue weighted by Gasteiger charge is 2.41. The first-order valence-corrected chi connectivity index (χ1v) is 12.1. The minimum absolute atomic E-state index is 0.411. The van der Waals surface area contributed by atoms with Crippen molar-refractivity contribution < 1.29 is 4.74 Å². The van der Waals surface area contributed by atoms with Gasteiger partial charge in [0, 0.05) is 19.9 Å². The second-order valence-electron chi connectivity index (χ2n) is 8.40. The first-order chi connectivity index (χ1) is 10.2. The Morgan fingerprint density at radius 3 is 2.59 bits per heavy atom. The fourth-order valence-electron chi connectivity index (χ4n) is 3.10. The van der Waals surface area contributed by atoms with Crippen LogP contribution >= 0.6 is 0 Å². The maximum atomic E-state index is 5.34.